The predicted octanol–water partition coefficient (Wildman–Crippen LogP) is 2.02. The lowest BCUT2D eigenvalue weighted by Crippen LogP contribution is -2.31. The Hall–Kier alpha value is -2.02. The molecule has 22 heavy (non-hydrogen) atoms. The first kappa shape index (κ1) is 14.9. The second-order valence-corrected chi connectivity index (χ2v) is 5.48. The van der Waals surface area contributed by atoms with Crippen LogP contribution in [0.4, 0.5) is 14.5 Å². The van der Waals surface area contributed by atoms with Gasteiger partial charge in [0.1, 0.15) is 0 Å². The van der Waals surface area contributed by atoms with Gasteiger partial charge in [0.2, 0.25) is 5.91 Å². The van der Waals surface area contributed by atoms with Gasteiger partial charge in [-0.3, -0.25) is 9.59 Å². The van der Waals surface area contributed by atoms with Crippen LogP contribution in [0.2, 0.25) is 0 Å². The lowest BCUT2D eigenvalue weighted by atomic mass is 10.00. The molecule has 1 atom stereocenters. The summed E-state index contributed by atoms with van der Waals surface area (Å²) in [5, 5.41) is 2.76. The minimum Gasteiger partial charge on any atom is -0.336 e. The van der Waals surface area contributed by atoms with Crippen LogP contribution in [0.5, 0.6) is 0 Å². The van der Waals surface area contributed by atoms with Crippen LogP contribution in [0.25, 0.3) is 0 Å². The highest BCUT2D eigenvalue weighted by atomic mass is 19.3. The fourth-order valence-corrected chi connectivity index (χ4v) is 2.87. The third-order valence-electron chi connectivity index (χ3n) is 3.98. The number of carbonyl (C=O) groups excluding carboxylic acids is 2. The largest absolute Gasteiger partial charge is 0.345 e. The lowest BCUT2D eigenvalue weighted by molar-refractivity contribution is -0.158. The average Bonchev–Trinajstić information content (AvgIpc) is 2.93. The third kappa shape index (κ3) is 3.09. The molecule has 0 aliphatic carbocycles. The third-order valence-corrected chi connectivity index (χ3v) is 3.98. The average molecular weight is 310 g/mol. The zero-order valence-electron chi connectivity index (χ0n) is 11.9. The smallest absolute Gasteiger partial charge is 0.336 e. The first-order chi connectivity index (χ1) is 10.5. The van der Waals surface area contributed by atoms with Gasteiger partial charge in [0.05, 0.1) is 6.10 Å². The van der Waals surface area contributed by atoms with E-state index in [2.05, 4.69) is 10.1 Å². The number of nitrogens with zero attached hydrogens (tertiary/aromatic N) is 1. The number of likely N-dealkylation sites (tertiary alicyclic amines) is 1. The van der Waals surface area contributed by atoms with Crippen molar-refractivity contribution in [3.05, 3.63) is 29.3 Å². The topological polar surface area (TPSA) is 58.6 Å². The summed E-state index contributed by atoms with van der Waals surface area (Å²) >= 11 is 0. The molecule has 5 nitrogen and oxygen atoms in total. The summed E-state index contributed by atoms with van der Waals surface area (Å²) in [6, 6.07) is 5.12. The van der Waals surface area contributed by atoms with Gasteiger partial charge in [0.15, 0.2) is 0 Å². The van der Waals surface area contributed by atoms with Gasteiger partial charge in [-0.15, -0.1) is 0 Å². The van der Waals surface area contributed by atoms with Gasteiger partial charge < -0.3 is 15.0 Å². The van der Waals surface area contributed by atoms with Crippen LogP contribution in [-0.4, -0.2) is 42.5 Å². The molecule has 1 aromatic carbocycles. The normalized spacial score (nSPS) is 21.0. The summed E-state index contributed by atoms with van der Waals surface area (Å²) < 4.78 is 28.9. The molecule has 1 saturated heterocycles. The monoisotopic (exact) mass is 310 g/mol. The van der Waals surface area contributed by atoms with Crippen molar-refractivity contribution >= 4 is 17.5 Å². The SMILES string of the molecule is O=C1CCc2cc(C(=O)N3CC[C@H](OC(F)F)C3)ccc2N1. The van der Waals surface area contributed by atoms with Crippen molar-refractivity contribution < 1.29 is 23.1 Å². The molecule has 1 fully saturated rings. The van der Waals surface area contributed by atoms with E-state index in [0.29, 0.717) is 31.4 Å². The van der Waals surface area contributed by atoms with Gasteiger partial charge in [0, 0.05) is 30.8 Å². The van der Waals surface area contributed by atoms with E-state index in [4.69, 9.17) is 0 Å². The number of rotatable bonds is 3. The van der Waals surface area contributed by atoms with Crippen molar-refractivity contribution in [2.45, 2.75) is 32.0 Å². The van der Waals surface area contributed by atoms with Gasteiger partial charge >= 0.3 is 6.61 Å². The summed E-state index contributed by atoms with van der Waals surface area (Å²) in [5.41, 5.74) is 2.16. The van der Waals surface area contributed by atoms with E-state index in [-0.39, 0.29) is 18.4 Å². The van der Waals surface area contributed by atoms with E-state index in [1.165, 1.54) is 4.90 Å². The van der Waals surface area contributed by atoms with Gasteiger partial charge in [-0.25, -0.2) is 0 Å². The van der Waals surface area contributed by atoms with Gasteiger partial charge in [-0.1, -0.05) is 0 Å². The maximum atomic E-state index is 12.4. The van der Waals surface area contributed by atoms with Gasteiger partial charge in [-0.05, 0) is 36.6 Å². The number of anilines is 1. The number of aryl methyl sites for hydroxylation is 1. The summed E-state index contributed by atoms with van der Waals surface area (Å²) in [6.07, 6.45) is 0.802. The van der Waals surface area contributed by atoms with E-state index in [1.54, 1.807) is 18.2 Å². The maximum absolute atomic E-state index is 12.4. The van der Waals surface area contributed by atoms with Crippen molar-refractivity contribution in [2.75, 3.05) is 18.4 Å². The number of amides is 2. The number of benzene rings is 1. The molecule has 0 aromatic heterocycles. The molecule has 2 aliphatic rings. The van der Waals surface area contributed by atoms with Gasteiger partial charge in [-0.2, -0.15) is 8.78 Å². The van der Waals surface area contributed by atoms with E-state index in [1.807, 2.05) is 0 Å². The molecular formula is C15H16F2N2O3. The summed E-state index contributed by atoms with van der Waals surface area (Å²) in [6.45, 7) is -2.23. The summed E-state index contributed by atoms with van der Waals surface area (Å²) in [4.78, 5) is 25.3. The van der Waals surface area contributed by atoms with Crippen molar-refractivity contribution in [1.29, 1.82) is 0 Å². The van der Waals surface area contributed by atoms with E-state index < -0.39 is 12.7 Å². The molecule has 2 heterocycles. The molecule has 7 heteroatoms. The number of halogens is 2. The first-order valence-corrected chi connectivity index (χ1v) is 7.18. The Morgan fingerprint density at radius 3 is 2.95 bits per heavy atom. The minimum atomic E-state index is -2.81. The van der Waals surface area contributed by atoms with Crippen LogP contribution >= 0.6 is 0 Å². The molecule has 118 valence electrons. The van der Waals surface area contributed by atoms with Crippen LogP contribution in [-0.2, 0) is 16.0 Å². The quantitative estimate of drug-likeness (QED) is 0.929. The molecule has 1 N–H and O–H groups in total. The molecule has 0 saturated carbocycles. The van der Waals surface area contributed by atoms with Crippen molar-refractivity contribution in [2.24, 2.45) is 0 Å². The van der Waals surface area contributed by atoms with Crippen LogP contribution in [0, 0.1) is 0 Å². The number of hydrogen-bond donors (Lipinski definition) is 1. The van der Waals surface area contributed by atoms with E-state index in [9.17, 15) is 18.4 Å². The molecule has 0 unspecified atom stereocenters. The predicted molar refractivity (Wildman–Crippen MR) is 74.8 cm³/mol. The van der Waals surface area contributed by atoms with Crippen LogP contribution in [0.15, 0.2) is 18.2 Å². The zero-order valence-corrected chi connectivity index (χ0v) is 11.9. The van der Waals surface area contributed by atoms with Crippen LogP contribution in [0.3, 0.4) is 0 Å². The fraction of sp³-hybridized carbons (Fsp3) is 0.467. The molecular weight excluding hydrogens is 294 g/mol. The number of fused-ring (bicyclic) bond motifs is 1. The highest BCUT2D eigenvalue weighted by molar-refractivity contribution is 5.98. The molecule has 0 spiro atoms. The Morgan fingerprint density at radius 1 is 1.36 bits per heavy atom. The number of nitrogens with one attached hydrogen (secondary N) is 1. The summed E-state index contributed by atoms with van der Waals surface area (Å²) in [5.74, 6) is -0.224. The molecule has 0 bridgehead atoms. The van der Waals surface area contributed by atoms with Crippen LogP contribution < -0.4 is 5.32 Å². The highest BCUT2D eigenvalue weighted by Gasteiger charge is 2.29. The number of ether oxygens (including phenoxy) is 1. The van der Waals surface area contributed by atoms with Crippen molar-refractivity contribution in [1.82, 2.24) is 4.90 Å². The van der Waals surface area contributed by atoms with E-state index >= 15 is 0 Å². The number of alkyl halides is 2. The number of hydrogen-bond acceptors (Lipinski definition) is 3. The lowest BCUT2D eigenvalue weighted by Gasteiger charge is -2.20. The Labute approximate surface area is 126 Å². The molecule has 2 amide bonds. The second-order valence-electron chi connectivity index (χ2n) is 5.48. The molecule has 2 aliphatic heterocycles. The van der Waals surface area contributed by atoms with Crippen molar-refractivity contribution in [3.8, 4) is 0 Å². The highest BCUT2D eigenvalue weighted by Crippen LogP contribution is 2.25. The van der Waals surface area contributed by atoms with Crippen LogP contribution in [0.1, 0.15) is 28.8 Å². The Bertz CT molecular complexity index is 606. The van der Waals surface area contributed by atoms with Crippen molar-refractivity contribution in [3.63, 3.8) is 0 Å². The molecule has 3 rings (SSSR count). The number of carbonyl (C=O) groups is 2. The van der Waals surface area contributed by atoms with Gasteiger partial charge in [0.25, 0.3) is 5.91 Å². The molecule has 0 radical (unpaired) electrons. The second kappa shape index (κ2) is 6.00. The minimum absolute atomic E-state index is 0.0295. The Kier molecular flexibility index (Phi) is 4.06. The maximum Gasteiger partial charge on any atom is 0.345 e. The molecule has 1 aromatic rings. The Balaban J connectivity index is 1.69. The standard InChI is InChI=1S/C15H16F2N2O3/c16-15(17)22-11-5-6-19(8-11)14(21)10-1-3-12-9(7-10)2-4-13(20)18-12/h1,3,7,11,15H,2,4-6,8H2,(H,18,20)/t11-/m0/s1. The fourth-order valence-electron chi connectivity index (χ4n) is 2.87. The summed E-state index contributed by atoms with van der Waals surface area (Å²) in [7, 11) is 0. The van der Waals surface area contributed by atoms with E-state index in [0.717, 1.165) is 11.3 Å². The first-order valence-electron chi connectivity index (χ1n) is 7.18. The zero-order chi connectivity index (χ0) is 15.7. The Morgan fingerprint density at radius 2 is 2.18 bits per heavy atom.